The van der Waals surface area contributed by atoms with E-state index in [0.717, 1.165) is 11.1 Å². The SMILES string of the molecule is COC(NC(=O)OC(C)(C)C)c1ccccc1C. The summed E-state index contributed by atoms with van der Waals surface area (Å²) in [6.07, 6.45) is -0.987. The highest BCUT2D eigenvalue weighted by atomic mass is 16.6. The predicted molar refractivity (Wildman–Crippen MR) is 70.3 cm³/mol. The normalized spacial score (nSPS) is 12.9. The molecule has 1 aromatic carbocycles. The first-order chi connectivity index (χ1) is 8.33. The summed E-state index contributed by atoms with van der Waals surface area (Å²) >= 11 is 0. The Labute approximate surface area is 108 Å². The van der Waals surface area contributed by atoms with Crippen LogP contribution in [0, 0.1) is 6.92 Å². The van der Waals surface area contributed by atoms with Gasteiger partial charge in [-0.25, -0.2) is 4.79 Å². The number of hydrogen-bond donors (Lipinski definition) is 1. The third kappa shape index (κ3) is 4.37. The van der Waals surface area contributed by atoms with Crippen molar-refractivity contribution in [2.45, 2.75) is 39.5 Å². The molecule has 1 rings (SSSR count). The van der Waals surface area contributed by atoms with Crippen LogP contribution in [0.3, 0.4) is 0 Å². The fourth-order valence-corrected chi connectivity index (χ4v) is 1.56. The maximum absolute atomic E-state index is 11.7. The topological polar surface area (TPSA) is 47.6 Å². The van der Waals surface area contributed by atoms with Gasteiger partial charge in [-0.15, -0.1) is 0 Å². The highest BCUT2D eigenvalue weighted by Gasteiger charge is 2.20. The Morgan fingerprint density at radius 2 is 1.89 bits per heavy atom. The maximum Gasteiger partial charge on any atom is 0.409 e. The Morgan fingerprint density at radius 3 is 2.39 bits per heavy atom. The van der Waals surface area contributed by atoms with Crippen molar-refractivity contribution in [3.8, 4) is 0 Å². The Morgan fingerprint density at radius 1 is 1.28 bits per heavy atom. The van der Waals surface area contributed by atoms with Crippen LogP contribution in [-0.4, -0.2) is 18.8 Å². The third-order valence-electron chi connectivity index (χ3n) is 2.35. The number of nitrogens with one attached hydrogen (secondary N) is 1. The molecule has 1 atom stereocenters. The summed E-state index contributed by atoms with van der Waals surface area (Å²) in [5, 5.41) is 2.70. The predicted octanol–water partition coefficient (Wildman–Crippen LogP) is 3.16. The van der Waals surface area contributed by atoms with Gasteiger partial charge in [-0.2, -0.15) is 0 Å². The van der Waals surface area contributed by atoms with Crippen LogP contribution in [0.25, 0.3) is 0 Å². The monoisotopic (exact) mass is 251 g/mol. The molecule has 1 aromatic rings. The van der Waals surface area contributed by atoms with Gasteiger partial charge in [0.2, 0.25) is 0 Å². The average molecular weight is 251 g/mol. The van der Waals surface area contributed by atoms with Crippen LogP contribution >= 0.6 is 0 Å². The molecular formula is C14H21NO3. The Balaban J connectivity index is 2.74. The zero-order valence-corrected chi connectivity index (χ0v) is 11.6. The molecular weight excluding hydrogens is 230 g/mol. The van der Waals surface area contributed by atoms with Gasteiger partial charge in [-0.05, 0) is 33.3 Å². The molecule has 0 aliphatic heterocycles. The number of aryl methyl sites for hydroxylation is 1. The number of ether oxygens (including phenoxy) is 2. The zero-order chi connectivity index (χ0) is 13.8. The molecule has 4 nitrogen and oxygen atoms in total. The molecule has 1 amide bonds. The van der Waals surface area contributed by atoms with Gasteiger partial charge in [0.1, 0.15) is 5.60 Å². The van der Waals surface area contributed by atoms with E-state index >= 15 is 0 Å². The van der Waals surface area contributed by atoms with E-state index in [9.17, 15) is 4.79 Å². The second kappa shape index (κ2) is 5.87. The van der Waals surface area contributed by atoms with E-state index in [1.165, 1.54) is 0 Å². The first kappa shape index (κ1) is 14.5. The minimum absolute atomic E-state index is 0.488. The van der Waals surface area contributed by atoms with Gasteiger partial charge in [0.15, 0.2) is 6.23 Å². The standard InChI is InChI=1S/C14H21NO3/c1-10-8-6-7-9-11(10)12(17-5)15-13(16)18-14(2,3)4/h6-9,12H,1-5H3,(H,15,16). The number of benzene rings is 1. The quantitative estimate of drug-likeness (QED) is 0.839. The number of hydrogen-bond acceptors (Lipinski definition) is 3. The summed E-state index contributed by atoms with van der Waals surface area (Å²) in [6, 6.07) is 7.74. The fraction of sp³-hybridized carbons (Fsp3) is 0.500. The minimum atomic E-state index is -0.520. The molecule has 0 bridgehead atoms. The molecule has 0 fully saturated rings. The number of carbonyl (C=O) groups excluding carboxylic acids is 1. The first-order valence-corrected chi connectivity index (χ1v) is 5.91. The van der Waals surface area contributed by atoms with Gasteiger partial charge in [-0.3, -0.25) is 5.32 Å². The van der Waals surface area contributed by atoms with Crippen LogP contribution < -0.4 is 5.32 Å². The fourth-order valence-electron chi connectivity index (χ4n) is 1.56. The van der Waals surface area contributed by atoms with Crippen molar-refractivity contribution in [2.75, 3.05) is 7.11 Å². The number of amides is 1. The summed E-state index contributed by atoms with van der Waals surface area (Å²) in [5.41, 5.74) is 1.46. The highest BCUT2D eigenvalue weighted by Crippen LogP contribution is 2.18. The second-order valence-corrected chi connectivity index (χ2v) is 5.12. The Bertz CT molecular complexity index is 410. The summed E-state index contributed by atoms with van der Waals surface area (Å²) in [6.45, 7) is 7.44. The molecule has 0 spiro atoms. The van der Waals surface area contributed by atoms with E-state index in [1.807, 2.05) is 52.0 Å². The lowest BCUT2D eigenvalue weighted by Gasteiger charge is -2.23. The van der Waals surface area contributed by atoms with Crippen LogP contribution in [-0.2, 0) is 9.47 Å². The average Bonchev–Trinajstić information content (AvgIpc) is 2.24. The zero-order valence-electron chi connectivity index (χ0n) is 11.6. The van der Waals surface area contributed by atoms with Crippen LogP contribution in [0.2, 0.25) is 0 Å². The van der Waals surface area contributed by atoms with Crippen molar-refractivity contribution < 1.29 is 14.3 Å². The molecule has 0 saturated heterocycles. The molecule has 1 N–H and O–H groups in total. The lowest BCUT2D eigenvalue weighted by molar-refractivity contribution is 0.0230. The lowest BCUT2D eigenvalue weighted by atomic mass is 10.1. The van der Waals surface area contributed by atoms with E-state index in [2.05, 4.69) is 5.32 Å². The molecule has 4 heteroatoms. The number of carbonyl (C=O) groups is 1. The van der Waals surface area contributed by atoms with Crippen molar-refractivity contribution in [1.29, 1.82) is 0 Å². The molecule has 0 aliphatic rings. The molecule has 0 radical (unpaired) electrons. The van der Waals surface area contributed by atoms with Gasteiger partial charge in [-0.1, -0.05) is 24.3 Å². The number of rotatable bonds is 3. The smallest absolute Gasteiger partial charge is 0.409 e. The summed E-state index contributed by atoms with van der Waals surface area (Å²) in [7, 11) is 1.55. The van der Waals surface area contributed by atoms with Crippen LogP contribution in [0.4, 0.5) is 4.79 Å². The van der Waals surface area contributed by atoms with E-state index in [0.29, 0.717) is 0 Å². The maximum atomic E-state index is 11.7. The van der Waals surface area contributed by atoms with Crippen LogP contribution in [0.15, 0.2) is 24.3 Å². The van der Waals surface area contributed by atoms with Crippen LogP contribution in [0.1, 0.15) is 38.1 Å². The van der Waals surface area contributed by atoms with Gasteiger partial charge in [0, 0.05) is 12.7 Å². The second-order valence-electron chi connectivity index (χ2n) is 5.12. The molecule has 100 valence electrons. The van der Waals surface area contributed by atoms with Crippen LogP contribution in [0.5, 0.6) is 0 Å². The highest BCUT2D eigenvalue weighted by molar-refractivity contribution is 5.68. The summed E-state index contributed by atoms with van der Waals surface area (Å²) in [4.78, 5) is 11.7. The first-order valence-electron chi connectivity index (χ1n) is 5.91. The van der Waals surface area contributed by atoms with Crippen molar-refractivity contribution in [3.05, 3.63) is 35.4 Å². The van der Waals surface area contributed by atoms with E-state index in [1.54, 1.807) is 7.11 Å². The summed E-state index contributed by atoms with van der Waals surface area (Å²) < 4.78 is 10.5. The summed E-state index contributed by atoms with van der Waals surface area (Å²) in [5.74, 6) is 0. The number of alkyl carbamates (subject to hydrolysis) is 1. The molecule has 1 unspecified atom stereocenters. The van der Waals surface area contributed by atoms with Crippen molar-refractivity contribution in [3.63, 3.8) is 0 Å². The van der Waals surface area contributed by atoms with Gasteiger partial charge in [0.25, 0.3) is 0 Å². The van der Waals surface area contributed by atoms with Crippen molar-refractivity contribution in [1.82, 2.24) is 5.32 Å². The van der Waals surface area contributed by atoms with Crippen molar-refractivity contribution in [2.24, 2.45) is 0 Å². The van der Waals surface area contributed by atoms with E-state index in [4.69, 9.17) is 9.47 Å². The lowest BCUT2D eigenvalue weighted by Crippen LogP contribution is -2.35. The van der Waals surface area contributed by atoms with E-state index in [-0.39, 0.29) is 0 Å². The largest absolute Gasteiger partial charge is 0.444 e. The third-order valence-corrected chi connectivity index (χ3v) is 2.35. The molecule has 18 heavy (non-hydrogen) atoms. The minimum Gasteiger partial charge on any atom is -0.444 e. The Hall–Kier alpha value is -1.55. The molecule has 0 aromatic heterocycles. The Kier molecular flexibility index (Phi) is 4.73. The van der Waals surface area contributed by atoms with Gasteiger partial charge < -0.3 is 9.47 Å². The number of methoxy groups -OCH3 is 1. The van der Waals surface area contributed by atoms with Crippen molar-refractivity contribution >= 4 is 6.09 Å². The van der Waals surface area contributed by atoms with E-state index < -0.39 is 17.9 Å². The van der Waals surface area contributed by atoms with Gasteiger partial charge >= 0.3 is 6.09 Å². The van der Waals surface area contributed by atoms with Gasteiger partial charge in [0.05, 0.1) is 0 Å². The molecule has 0 heterocycles. The molecule has 0 saturated carbocycles. The molecule has 0 aliphatic carbocycles.